The van der Waals surface area contributed by atoms with E-state index in [-0.39, 0.29) is 11.9 Å². The van der Waals surface area contributed by atoms with Crippen molar-refractivity contribution in [3.8, 4) is 0 Å². The van der Waals surface area contributed by atoms with Crippen molar-refractivity contribution < 1.29 is 9.59 Å². The van der Waals surface area contributed by atoms with E-state index in [1.165, 1.54) is 0 Å². The third-order valence-electron chi connectivity index (χ3n) is 2.13. The minimum Gasteiger partial charge on any atom is -0.370 e. The fourth-order valence-electron chi connectivity index (χ4n) is 1.26. The Kier molecular flexibility index (Phi) is 8.67. The number of carbonyl (C=O) groups excluding carboxylic acids is 2. The molecule has 0 aliphatic rings. The summed E-state index contributed by atoms with van der Waals surface area (Å²) in [6, 6.07) is -0.478. The Morgan fingerprint density at radius 2 is 2.12 bits per heavy atom. The highest BCUT2D eigenvalue weighted by atomic mass is 16.2. The van der Waals surface area contributed by atoms with Crippen LogP contribution in [0.5, 0.6) is 0 Å². The number of aldehydes is 1. The van der Waals surface area contributed by atoms with E-state index in [4.69, 9.17) is 16.9 Å². The summed E-state index contributed by atoms with van der Waals surface area (Å²) in [4.78, 5) is 22.0. The molecule has 0 rings (SSSR count). The van der Waals surface area contributed by atoms with Gasteiger partial charge in [-0.25, -0.2) is 0 Å². The number of nitrogens with one attached hydrogen (secondary N) is 3. The summed E-state index contributed by atoms with van der Waals surface area (Å²) >= 11 is 0. The van der Waals surface area contributed by atoms with E-state index in [0.717, 1.165) is 0 Å². The molecule has 0 radical (unpaired) electrons. The highest BCUT2D eigenvalue weighted by Crippen LogP contribution is 1.95. The molecule has 1 atom stereocenters. The molecule has 7 heteroatoms. The molecule has 17 heavy (non-hydrogen) atoms. The molecule has 0 aromatic rings. The average Bonchev–Trinajstić information content (AvgIpc) is 2.30. The zero-order chi connectivity index (χ0) is 13.1. The summed E-state index contributed by atoms with van der Waals surface area (Å²) in [5.41, 5.74) is 10.4. The van der Waals surface area contributed by atoms with Gasteiger partial charge >= 0.3 is 0 Å². The van der Waals surface area contributed by atoms with Gasteiger partial charge < -0.3 is 26.9 Å². The summed E-state index contributed by atoms with van der Waals surface area (Å²) in [6.07, 6.45) is 2.85. The van der Waals surface area contributed by atoms with Gasteiger partial charge in [0.25, 0.3) is 0 Å². The summed E-state index contributed by atoms with van der Waals surface area (Å²) in [7, 11) is 0. The molecule has 7 N–H and O–H groups in total. The van der Waals surface area contributed by atoms with Crippen molar-refractivity contribution in [3.05, 3.63) is 0 Å². The maximum atomic E-state index is 11.3. The first-order chi connectivity index (χ1) is 8.10. The zero-order valence-corrected chi connectivity index (χ0v) is 9.87. The molecule has 0 unspecified atom stereocenters. The highest BCUT2D eigenvalue weighted by Gasteiger charge is 2.10. The third kappa shape index (κ3) is 9.31. The quantitative estimate of drug-likeness (QED) is 0.148. The number of amides is 1. The van der Waals surface area contributed by atoms with E-state index >= 15 is 0 Å². The molecule has 0 saturated heterocycles. The molecule has 0 heterocycles. The maximum absolute atomic E-state index is 11.3. The van der Waals surface area contributed by atoms with Crippen LogP contribution in [0.25, 0.3) is 0 Å². The molecule has 0 saturated carbocycles. The number of hydrogen-bond acceptors (Lipinski definition) is 4. The molecular formula is C10H21N5O2. The van der Waals surface area contributed by atoms with Crippen molar-refractivity contribution in [2.75, 3.05) is 13.1 Å². The lowest BCUT2D eigenvalue weighted by atomic mass is 10.1. The second kappa shape index (κ2) is 9.59. The second-order valence-electron chi connectivity index (χ2n) is 3.68. The van der Waals surface area contributed by atoms with Crippen molar-refractivity contribution in [1.29, 1.82) is 5.41 Å². The Hall–Kier alpha value is -1.63. The van der Waals surface area contributed by atoms with E-state index in [1.807, 2.05) is 0 Å². The van der Waals surface area contributed by atoms with Gasteiger partial charge in [-0.15, -0.1) is 0 Å². The molecule has 0 bridgehead atoms. The number of hydrogen-bond donors (Lipinski definition) is 5. The van der Waals surface area contributed by atoms with E-state index in [0.29, 0.717) is 45.1 Å². The largest absolute Gasteiger partial charge is 0.370 e. The van der Waals surface area contributed by atoms with Gasteiger partial charge in [-0.05, 0) is 25.8 Å². The Labute approximate surface area is 101 Å². The number of nitrogens with two attached hydrogens (primary N) is 2. The van der Waals surface area contributed by atoms with Gasteiger partial charge in [0.05, 0.1) is 6.04 Å². The lowest BCUT2D eigenvalue weighted by Gasteiger charge is -2.12. The van der Waals surface area contributed by atoms with Crippen molar-refractivity contribution in [1.82, 2.24) is 10.6 Å². The van der Waals surface area contributed by atoms with Gasteiger partial charge in [-0.3, -0.25) is 10.2 Å². The summed E-state index contributed by atoms with van der Waals surface area (Å²) < 4.78 is 0. The van der Waals surface area contributed by atoms with Gasteiger partial charge in [-0.1, -0.05) is 0 Å². The summed E-state index contributed by atoms with van der Waals surface area (Å²) in [6.45, 7) is 0.972. The van der Waals surface area contributed by atoms with Crippen LogP contribution in [0, 0.1) is 5.41 Å². The van der Waals surface area contributed by atoms with Gasteiger partial charge in [0, 0.05) is 13.0 Å². The number of guanidine groups is 1. The lowest BCUT2D eigenvalue weighted by Crippen LogP contribution is -2.37. The molecule has 0 aliphatic carbocycles. The van der Waals surface area contributed by atoms with Crippen LogP contribution in [0.15, 0.2) is 0 Å². The molecule has 0 fully saturated rings. The summed E-state index contributed by atoms with van der Waals surface area (Å²) in [5.74, 6) is -0.258. The van der Waals surface area contributed by atoms with E-state index in [9.17, 15) is 9.59 Å². The predicted molar refractivity (Wildman–Crippen MR) is 65.4 cm³/mol. The molecule has 1 amide bonds. The first kappa shape index (κ1) is 15.4. The zero-order valence-electron chi connectivity index (χ0n) is 9.87. The Balaban J connectivity index is 3.72. The lowest BCUT2D eigenvalue weighted by molar-refractivity contribution is -0.124. The van der Waals surface area contributed by atoms with Crippen LogP contribution in [0.2, 0.25) is 0 Å². The molecule has 0 spiro atoms. The maximum Gasteiger partial charge on any atom is 0.220 e. The topological polar surface area (TPSA) is 134 Å². The van der Waals surface area contributed by atoms with Crippen LogP contribution in [0.1, 0.15) is 25.7 Å². The molecular weight excluding hydrogens is 222 g/mol. The monoisotopic (exact) mass is 243 g/mol. The number of rotatable bonds is 9. The van der Waals surface area contributed by atoms with Crippen LogP contribution in [0.4, 0.5) is 0 Å². The SMILES string of the molecule is N=C(N)NCCC[C@@H](C=O)NC(=O)CCCN. The summed E-state index contributed by atoms with van der Waals surface area (Å²) in [5, 5.41) is 12.2. The molecule has 0 aromatic heterocycles. The van der Waals surface area contributed by atoms with E-state index < -0.39 is 6.04 Å². The van der Waals surface area contributed by atoms with Crippen molar-refractivity contribution in [2.45, 2.75) is 31.7 Å². The Bertz CT molecular complexity index is 257. The van der Waals surface area contributed by atoms with E-state index in [2.05, 4.69) is 10.6 Å². The fourth-order valence-corrected chi connectivity index (χ4v) is 1.26. The van der Waals surface area contributed by atoms with Crippen molar-refractivity contribution in [3.63, 3.8) is 0 Å². The molecule has 98 valence electrons. The third-order valence-corrected chi connectivity index (χ3v) is 2.13. The van der Waals surface area contributed by atoms with Gasteiger partial charge in [0.2, 0.25) is 5.91 Å². The van der Waals surface area contributed by atoms with Crippen molar-refractivity contribution in [2.24, 2.45) is 11.5 Å². The minimum atomic E-state index is -0.478. The first-order valence-electron chi connectivity index (χ1n) is 5.62. The normalized spacial score (nSPS) is 11.6. The standard InChI is InChI=1S/C10H21N5O2/c11-5-1-4-9(17)15-8(7-16)3-2-6-14-10(12)13/h7-8H,1-6,11H2,(H,15,17)(H4,12,13,14)/t8-/m0/s1. The predicted octanol–water partition coefficient (Wildman–Crippen LogP) is -1.33. The Morgan fingerprint density at radius 3 is 2.65 bits per heavy atom. The van der Waals surface area contributed by atoms with Crippen LogP contribution < -0.4 is 22.1 Å². The van der Waals surface area contributed by atoms with Crippen LogP contribution >= 0.6 is 0 Å². The molecule has 0 aromatic carbocycles. The highest BCUT2D eigenvalue weighted by molar-refractivity contribution is 5.79. The Morgan fingerprint density at radius 1 is 1.41 bits per heavy atom. The van der Waals surface area contributed by atoms with Crippen molar-refractivity contribution >= 4 is 18.2 Å². The minimum absolute atomic E-state index is 0.0976. The van der Waals surface area contributed by atoms with Crippen LogP contribution in [0.3, 0.4) is 0 Å². The average molecular weight is 243 g/mol. The second-order valence-corrected chi connectivity index (χ2v) is 3.68. The van der Waals surface area contributed by atoms with Gasteiger partial charge in [-0.2, -0.15) is 0 Å². The van der Waals surface area contributed by atoms with Gasteiger partial charge in [0.15, 0.2) is 5.96 Å². The molecule has 7 nitrogen and oxygen atoms in total. The van der Waals surface area contributed by atoms with E-state index in [1.54, 1.807) is 0 Å². The van der Waals surface area contributed by atoms with Crippen LogP contribution in [-0.2, 0) is 9.59 Å². The van der Waals surface area contributed by atoms with Gasteiger partial charge in [0.1, 0.15) is 6.29 Å². The van der Waals surface area contributed by atoms with Crippen LogP contribution in [-0.4, -0.2) is 37.3 Å². The smallest absolute Gasteiger partial charge is 0.220 e. The fraction of sp³-hybridized carbons (Fsp3) is 0.700. The first-order valence-corrected chi connectivity index (χ1v) is 5.62. The number of carbonyl (C=O) groups is 2. The molecule has 0 aliphatic heterocycles.